The Balaban J connectivity index is 1.30. The van der Waals surface area contributed by atoms with Crippen molar-refractivity contribution in [2.24, 2.45) is 26.7 Å². The van der Waals surface area contributed by atoms with Crippen molar-refractivity contribution in [3.63, 3.8) is 0 Å². The van der Waals surface area contributed by atoms with Crippen LogP contribution in [0.1, 0.15) is 86.5 Å². The lowest BCUT2D eigenvalue weighted by Gasteiger charge is -2.35. The highest BCUT2D eigenvalue weighted by Crippen LogP contribution is 2.47. The second-order valence-corrected chi connectivity index (χ2v) is 18.7. The van der Waals surface area contributed by atoms with Crippen LogP contribution in [0.5, 0.6) is 0 Å². The van der Waals surface area contributed by atoms with E-state index in [2.05, 4.69) is 25.3 Å². The van der Waals surface area contributed by atoms with E-state index in [1.807, 2.05) is 45.1 Å². The molecular formula is C37H50N6O9S. The van der Waals surface area contributed by atoms with Gasteiger partial charge in [-0.25, -0.2) is 28.0 Å². The van der Waals surface area contributed by atoms with Crippen molar-refractivity contribution < 1.29 is 41.9 Å². The Bertz CT molecular complexity index is 1840. The largest absolute Gasteiger partial charge is 0.455 e. The fraction of sp³-hybridized carbons (Fsp3) is 0.649. The van der Waals surface area contributed by atoms with Crippen molar-refractivity contribution in [1.82, 2.24) is 20.3 Å². The number of carbonyl (C=O) groups is 5. The van der Waals surface area contributed by atoms with Gasteiger partial charge in [0.15, 0.2) is 0 Å². The summed E-state index contributed by atoms with van der Waals surface area (Å²) in [5, 5.41) is 4.86. The summed E-state index contributed by atoms with van der Waals surface area (Å²) in [7, 11) is -3.89. The molecule has 16 heteroatoms. The number of allylic oxidation sites excluding steroid dienone is 3. The van der Waals surface area contributed by atoms with Gasteiger partial charge in [0, 0.05) is 6.42 Å². The molecule has 2 saturated carbocycles. The van der Waals surface area contributed by atoms with E-state index in [-0.39, 0.29) is 37.7 Å². The second kappa shape index (κ2) is 14.1. The van der Waals surface area contributed by atoms with Gasteiger partial charge in [-0.05, 0) is 60.5 Å². The molecule has 3 fully saturated rings. The number of ether oxygens (including phenoxy) is 2. The van der Waals surface area contributed by atoms with E-state index in [1.54, 1.807) is 26.8 Å². The lowest BCUT2D eigenvalue weighted by molar-refractivity contribution is -0.144. The Kier molecular flexibility index (Phi) is 10.2. The van der Waals surface area contributed by atoms with Crippen LogP contribution in [0, 0.1) is 16.7 Å². The van der Waals surface area contributed by atoms with Gasteiger partial charge in [0.1, 0.15) is 29.8 Å². The predicted octanol–water partition coefficient (Wildman–Crippen LogP) is 2.63. The Hall–Kier alpha value is -4.34. The number of aliphatic imine (C=N–C) groups is 2. The van der Waals surface area contributed by atoms with Crippen LogP contribution in [0.3, 0.4) is 0 Å². The van der Waals surface area contributed by atoms with Crippen LogP contribution in [0.15, 0.2) is 45.9 Å². The number of amidine groups is 1. The van der Waals surface area contributed by atoms with Crippen molar-refractivity contribution >= 4 is 51.4 Å². The van der Waals surface area contributed by atoms with Crippen LogP contribution < -0.4 is 15.4 Å². The van der Waals surface area contributed by atoms with Gasteiger partial charge in [-0.15, -0.1) is 0 Å². The van der Waals surface area contributed by atoms with E-state index >= 15 is 0 Å². The summed E-state index contributed by atoms with van der Waals surface area (Å²) in [6.45, 7) is 11.0. The molecule has 1 saturated heterocycles. The van der Waals surface area contributed by atoms with Crippen molar-refractivity contribution in [2.45, 2.75) is 122 Å². The van der Waals surface area contributed by atoms with Crippen LogP contribution in [0.25, 0.3) is 0 Å². The molecule has 0 radical (unpaired) electrons. The van der Waals surface area contributed by atoms with Gasteiger partial charge in [-0.2, -0.15) is 0 Å². The Morgan fingerprint density at radius 3 is 2.53 bits per heavy atom. The molecular weight excluding hydrogens is 705 g/mol. The highest BCUT2D eigenvalue weighted by atomic mass is 32.2. The quantitative estimate of drug-likeness (QED) is 0.341. The smallest absolute Gasteiger partial charge is 0.407 e. The van der Waals surface area contributed by atoms with Gasteiger partial charge in [0.25, 0.3) is 5.91 Å². The maximum absolute atomic E-state index is 14.5. The van der Waals surface area contributed by atoms with Gasteiger partial charge in [0.05, 0.1) is 24.1 Å². The normalized spacial score (nSPS) is 32.3. The maximum Gasteiger partial charge on any atom is 0.407 e. The summed E-state index contributed by atoms with van der Waals surface area (Å²) >= 11 is 0. The third-order valence-corrected chi connectivity index (χ3v) is 12.6. The molecule has 4 bridgehead atoms. The van der Waals surface area contributed by atoms with Crippen molar-refractivity contribution in [1.29, 1.82) is 0 Å². The zero-order valence-corrected chi connectivity index (χ0v) is 32.0. The number of nitrogens with one attached hydrogen (secondary N) is 3. The molecule has 1 unspecified atom stereocenters. The standard InChI is InChI=1S/C37H50N6O9S/c1-7-22-18-37(22,33(47)42-53(49,50)24-14-15-24)41-30(44)26-17-23-19-43(26)31(45)28(35(2,3)4)40-34(48)51-20-36(5,6)16-9-8-11-21-12-10-13-25-27(21)39-29(38-25)32(46)52-23/h8,10-13,22-24,26-28H,7,9,14-20H2,1-6H3,(H,40,48)(H,41,44)(H,42,47)/b11-8+/t22-,23+,26-,27?,28+,37+/m0/s1. The number of cyclic esters (lactones) is 1. The SMILES string of the molecule is CC[C@H]1C[C@]1(NC(=O)[C@@H]1C[C@@H]2CN1C(=O)[C@H](C(C)(C)C)NC(=O)OCC(C)(C)CC/C=C/C1=CC=CC3=NC(=NC13)C(=O)O2)C(=O)NS(=O)(=O)C1CC1. The molecule has 3 aliphatic heterocycles. The molecule has 0 aromatic carbocycles. The number of sulfonamides is 1. The van der Waals surface area contributed by atoms with Crippen molar-refractivity contribution in [3.8, 4) is 0 Å². The Morgan fingerprint density at radius 2 is 1.87 bits per heavy atom. The molecule has 0 spiro atoms. The number of rotatable bonds is 6. The summed E-state index contributed by atoms with van der Waals surface area (Å²) in [5.41, 5.74) is -1.32. The van der Waals surface area contributed by atoms with E-state index in [1.165, 1.54) is 4.90 Å². The van der Waals surface area contributed by atoms with Gasteiger partial charge in [0.2, 0.25) is 27.7 Å². The zero-order valence-electron chi connectivity index (χ0n) is 31.1. The van der Waals surface area contributed by atoms with Gasteiger partial charge in [-0.1, -0.05) is 72.3 Å². The molecule has 288 valence electrons. The van der Waals surface area contributed by atoms with Crippen LogP contribution in [-0.2, 0) is 38.7 Å². The maximum atomic E-state index is 14.5. The van der Waals surface area contributed by atoms with E-state index < -0.39 is 85.7 Å². The summed E-state index contributed by atoms with van der Waals surface area (Å²) in [4.78, 5) is 79.1. The number of amides is 4. The van der Waals surface area contributed by atoms with Gasteiger partial charge < -0.3 is 25.0 Å². The average Bonchev–Trinajstić information content (AvgIpc) is 3.97. The number of hydrogen-bond donors (Lipinski definition) is 3. The topological polar surface area (TPSA) is 202 Å². The van der Waals surface area contributed by atoms with E-state index in [4.69, 9.17) is 9.47 Å². The predicted molar refractivity (Wildman–Crippen MR) is 195 cm³/mol. The fourth-order valence-electron chi connectivity index (χ4n) is 7.24. The minimum absolute atomic E-state index is 0.0855. The summed E-state index contributed by atoms with van der Waals surface area (Å²) in [5.74, 6) is -3.42. The first-order valence-corrected chi connectivity index (χ1v) is 19.9. The summed E-state index contributed by atoms with van der Waals surface area (Å²) in [6, 6.07) is -2.89. The van der Waals surface area contributed by atoms with Crippen molar-refractivity contribution in [2.75, 3.05) is 13.2 Å². The molecule has 0 aromatic rings. The lowest BCUT2D eigenvalue weighted by Crippen LogP contribution is -2.60. The molecule has 6 aliphatic rings. The number of hydrogen-bond acceptors (Lipinski definition) is 11. The fourth-order valence-corrected chi connectivity index (χ4v) is 8.61. The van der Waals surface area contributed by atoms with E-state index in [0.29, 0.717) is 37.8 Å². The highest BCUT2D eigenvalue weighted by Gasteiger charge is 2.62. The molecule has 3 heterocycles. The number of nitrogens with zero attached hydrogens (tertiary/aromatic N) is 3. The highest BCUT2D eigenvalue weighted by molar-refractivity contribution is 7.91. The molecule has 15 nitrogen and oxygen atoms in total. The minimum Gasteiger partial charge on any atom is -0.455 e. The van der Waals surface area contributed by atoms with Gasteiger partial charge in [-0.3, -0.25) is 19.1 Å². The first-order valence-electron chi connectivity index (χ1n) is 18.4. The average molecular weight is 755 g/mol. The molecule has 3 aliphatic carbocycles. The van der Waals surface area contributed by atoms with Crippen LogP contribution in [0.2, 0.25) is 0 Å². The Labute approximate surface area is 310 Å². The molecule has 6 atom stereocenters. The van der Waals surface area contributed by atoms with Crippen molar-refractivity contribution in [3.05, 3.63) is 36.0 Å². The minimum atomic E-state index is -3.89. The first-order chi connectivity index (χ1) is 24.8. The molecule has 53 heavy (non-hydrogen) atoms. The second-order valence-electron chi connectivity index (χ2n) is 16.8. The Morgan fingerprint density at radius 1 is 1.13 bits per heavy atom. The summed E-state index contributed by atoms with van der Waals surface area (Å²) in [6.07, 6.45) is 10.5. The monoisotopic (exact) mass is 754 g/mol. The number of carbonyl (C=O) groups excluding carboxylic acids is 5. The molecule has 4 amide bonds. The number of alkyl carbamates (subject to hydrolysis) is 1. The third kappa shape index (κ3) is 8.26. The third-order valence-electron chi connectivity index (χ3n) is 10.8. The molecule has 3 N–H and O–H groups in total. The van der Waals surface area contributed by atoms with E-state index in [9.17, 15) is 32.4 Å². The summed E-state index contributed by atoms with van der Waals surface area (Å²) < 4.78 is 39.0. The zero-order chi connectivity index (χ0) is 38.5. The molecule has 0 aromatic heterocycles. The number of fused-ring (bicyclic) bond motifs is 2. The number of esters is 1. The van der Waals surface area contributed by atoms with Crippen LogP contribution >= 0.6 is 0 Å². The first kappa shape index (κ1) is 38.4. The molecule has 6 rings (SSSR count). The van der Waals surface area contributed by atoms with E-state index in [0.717, 1.165) is 5.57 Å². The lowest BCUT2D eigenvalue weighted by atomic mass is 9.85. The van der Waals surface area contributed by atoms with Crippen LogP contribution in [-0.4, -0.2) is 103 Å². The van der Waals surface area contributed by atoms with Gasteiger partial charge >= 0.3 is 12.1 Å². The van der Waals surface area contributed by atoms with Crippen LogP contribution in [0.4, 0.5) is 4.79 Å².